The van der Waals surface area contributed by atoms with E-state index in [1.54, 1.807) is 6.07 Å². The Morgan fingerprint density at radius 3 is 2.55 bits per heavy atom. The zero-order valence-electron chi connectivity index (χ0n) is 20.1. The molecule has 0 bridgehead atoms. The van der Waals surface area contributed by atoms with E-state index in [2.05, 4.69) is 20.8 Å². The van der Waals surface area contributed by atoms with Gasteiger partial charge in [0.15, 0.2) is 11.5 Å². The van der Waals surface area contributed by atoms with Crippen LogP contribution in [0.15, 0.2) is 91.0 Å². The lowest BCUT2D eigenvalue weighted by Crippen LogP contribution is -2.45. The van der Waals surface area contributed by atoms with Gasteiger partial charge in [0.1, 0.15) is 11.0 Å². The van der Waals surface area contributed by atoms with E-state index in [0.717, 1.165) is 21.9 Å². The summed E-state index contributed by atoms with van der Waals surface area (Å²) in [4.78, 5) is 26.8. The average Bonchev–Trinajstić information content (AvgIpc) is 3.62. The molecular formula is C29H22N4O4S. The van der Waals surface area contributed by atoms with Gasteiger partial charge in [0.05, 0.1) is 0 Å². The summed E-state index contributed by atoms with van der Waals surface area (Å²) < 4.78 is 10.8. The number of hydrogen-bond donors (Lipinski definition) is 2. The third-order valence-electron chi connectivity index (χ3n) is 6.21. The van der Waals surface area contributed by atoms with Gasteiger partial charge in [-0.25, -0.2) is 0 Å². The molecule has 8 nitrogen and oxygen atoms in total. The zero-order chi connectivity index (χ0) is 25.9. The Morgan fingerprint density at radius 1 is 0.868 bits per heavy atom. The third-order valence-corrected chi connectivity index (χ3v) is 7.10. The van der Waals surface area contributed by atoms with E-state index in [0.29, 0.717) is 33.6 Å². The number of carbonyl (C=O) groups excluding carboxylic acids is 2. The van der Waals surface area contributed by atoms with Crippen molar-refractivity contribution in [1.82, 2.24) is 15.5 Å². The second-order valence-electron chi connectivity index (χ2n) is 8.71. The van der Waals surface area contributed by atoms with Crippen molar-refractivity contribution < 1.29 is 19.1 Å². The molecule has 0 unspecified atom stereocenters. The van der Waals surface area contributed by atoms with E-state index in [9.17, 15) is 9.59 Å². The number of amides is 2. The summed E-state index contributed by atoms with van der Waals surface area (Å²) in [6.45, 7) is 0.184. The Hall–Kier alpha value is -4.76. The van der Waals surface area contributed by atoms with Crippen molar-refractivity contribution in [3.8, 4) is 22.1 Å². The van der Waals surface area contributed by atoms with Crippen molar-refractivity contribution in [2.75, 3.05) is 12.1 Å². The molecule has 188 valence electrons. The molecule has 6 rings (SSSR count). The van der Waals surface area contributed by atoms with E-state index in [-0.39, 0.29) is 18.6 Å². The van der Waals surface area contributed by atoms with Crippen LogP contribution in [0, 0.1) is 0 Å². The highest BCUT2D eigenvalue weighted by Crippen LogP contribution is 2.37. The molecule has 2 heterocycles. The van der Waals surface area contributed by atoms with E-state index in [4.69, 9.17) is 9.47 Å². The molecular weight excluding hydrogens is 500 g/mol. The fraction of sp³-hybridized carbons (Fsp3) is 0.103. The first-order valence-corrected chi connectivity index (χ1v) is 12.8. The van der Waals surface area contributed by atoms with Gasteiger partial charge < -0.3 is 14.8 Å². The van der Waals surface area contributed by atoms with Crippen LogP contribution < -0.4 is 20.1 Å². The molecule has 2 amide bonds. The van der Waals surface area contributed by atoms with Crippen molar-refractivity contribution in [3.05, 3.63) is 102 Å². The summed E-state index contributed by atoms with van der Waals surface area (Å²) in [5.74, 6) is 0.617. The molecule has 1 atom stereocenters. The lowest BCUT2D eigenvalue weighted by molar-refractivity contribution is -0.118. The second-order valence-corrected chi connectivity index (χ2v) is 9.69. The van der Waals surface area contributed by atoms with Crippen LogP contribution in [-0.2, 0) is 11.2 Å². The van der Waals surface area contributed by atoms with Crippen LogP contribution in [0.4, 0.5) is 5.13 Å². The number of benzene rings is 4. The van der Waals surface area contributed by atoms with Crippen LogP contribution in [0.3, 0.4) is 0 Å². The minimum Gasteiger partial charge on any atom is -0.454 e. The Labute approximate surface area is 222 Å². The Morgan fingerprint density at radius 2 is 1.66 bits per heavy atom. The van der Waals surface area contributed by atoms with E-state index in [1.807, 2.05) is 84.9 Å². The number of nitrogens with one attached hydrogen (secondary N) is 2. The molecule has 0 saturated heterocycles. The molecule has 5 aromatic rings. The Kier molecular flexibility index (Phi) is 6.41. The van der Waals surface area contributed by atoms with Gasteiger partial charge in [-0.2, -0.15) is 0 Å². The molecule has 4 aromatic carbocycles. The summed E-state index contributed by atoms with van der Waals surface area (Å²) >= 11 is 1.24. The first-order valence-electron chi connectivity index (χ1n) is 12.0. The minimum absolute atomic E-state index is 0.184. The summed E-state index contributed by atoms with van der Waals surface area (Å²) in [5, 5.41) is 16.9. The maximum absolute atomic E-state index is 13.4. The molecule has 0 fully saturated rings. The molecule has 0 aliphatic carbocycles. The van der Waals surface area contributed by atoms with Gasteiger partial charge in [0.25, 0.3) is 5.91 Å². The smallest absolute Gasteiger partial charge is 0.252 e. The van der Waals surface area contributed by atoms with Crippen LogP contribution in [0.25, 0.3) is 21.3 Å². The molecule has 0 saturated carbocycles. The fourth-order valence-corrected chi connectivity index (χ4v) is 5.07. The van der Waals surface area contributed by atoms with Crippen molar-refractivity contribution in [3.63, 3.8) is 0 Å². The van der Waals surface area contributed by atoms with E-state index < -0.39 is 6.04 Å². The highest BCUT2D eigenvalue weighted by Gasteiger charge is 2.24. The van der Waals surface area contributed by atoms with Crippen LogP contribution >= 0.6 is 11.3 Å². The predicted molar refractivity (Wildman–Crippen MR) is 145 cm³/mol. The molecule has 0 spiro atoms. The molecule has 1 aliphatic heterocycles. The minimum atomic E-state index is -0.832. The van der Waals surface area contributed by atoms with Gasteiger partial charge >= 0.3 is 0 Å². The number of anilines is 1. The highest BCUT2D eigenvalue weighted by molar-refractivity contribution is 7.18. The number of hydrogen-bond acceptors (Lipinski definition) is 7. The summed E-state index contributed by atoms with van der Waals surface area (Å²) in [5.41, 5.74) is 2.23. The lowest BCUT2D eigenvalue weighted by atomic mass is 10.0. The summed E-state index contributed by atoms with van der Waals surface area (Å²) in [6.07, 6.45) is 0.316. The third kappa shape index (κ3) is 4.91. The normalized spacial score (nSPS) is 12.7. The summed E-state index contributed by atoms with van der Waals surface area (Å²) in [6, 6.07) is 27.5. The van der Waals surface area contributed by atoms with Gasteiger partial charge in [-0.3, -0.25) is 14.9 Å². The van der Waals surface area contributed by atoms with Crippen molar-refractivity contribution in [2.45, 2.75) is 12.5 Å². The van der Waals surface area contributed by atoms with Crippen LogP contribution in [-0.4, -0.2) is 34.8 Å². The largest absolute Gasteiger partial charge is 0.454 e. The molecule has 1 aliphatic rings. The highest BCUT2D eigenvalue weighted by atomic mass is 32.1. The molecule has 9 heteroatoms. The van der Waals surface area contributed by atoms with Crippen molar-refractivity contribution in [2.24, 2.45) is 0 Å². The number of fused-ring (bicyclic) bond motifs is 2. The maximum atomic E-state index is 13.4. The van der Waals surface area contributed by atoms with Crippen LogP contribution in [0.1, 0.15) is 15.9 Å². The Balaban J connectivity index is 1.23. The number of carbonyl (C=O) groups is 2. The molecule has 2 N–H and O–H groups in total. The average molecular weight is 523 g/mol. The quantitative estimate of drug-likeness (QED) is 0.310. The monoisotopic (exact) mass is 522 g/mol. The topological polar surface area (TPSA) is 102 Å². The van der Waals surface area contributed by atoms with Gasteiger partial charge in [0.2, 0.25) is 17.8 Å². The number of aromatic nitrogens is 2. The van der Waals surface area contributed by atoms with Gasteiger partial charge in [0, 0.05) is 17.5 Å². The SMILES string of the molecule is O=C(N[C@@H](Cc1ccccc1)C(=O)Nc1nnc(-c2ccc3c(c2)OCO3)s1)c1cccc2ccccc12. The fourth-order valence-electron chi connectivity index (χ4n) is 4.33. The number of rotatable bonds is 7. The van der Waals surface area contributed by atoms with E-state index >= 15 is 0 Å². The first kappa shape index (κ1) is 23.6. The van der Waals surface area contributed by atoms with Crippen LogP contribution in [0.2, 0.25) is 0 Å². The number of ether oxygens (including phenoxy) is 2. The first-order chi connectivity index (χ1) is 18.6. The van der Waals surface area contributed by atoms with E-state index in [1.165, 1.54) is 11.3 Å². The van der Waals surface area contributed by atoms with Crippen molar-refractivity contribution in [1.29, 1.82) is 0 Å². The molecule has 1 aromatic heterocycles. The van der Waals surface area contributed by atoms with Gasteiger partial charge in [-0.1, -0.05) is 78.1 Å². The lowest BCUT2D eigenvalue weighted by Gasteiger charge is -2.18. The molecule has 0 radical (unpaired) electrons. The van der Waals surface area contributed by atoms with Crippen LogP contribution in [0.5, 0.6) is 11.5 Å². The zero-order valence-corrected chi connectivity index (χ0v) is 20.9. The molecule has 38 heavy (non-hydrogen) atoms. The number of nitrogens with zero attached hydrogens (tertiary/aromatic N) is 2. The maximum Gasteiger partial charge on any atom is 0.252 e. The summed E-state index contributed by atoms with van der Waals surface area (Å²) in [7, 11) is 0. The second kappa shape index (κ2) is 10.3. The Bertz CT molecular complexity index is 1630. The predicted octanol–water partition coefficient (Wildman–Crippen LogP) is 5.07. The van der Waals surface area contributed by atoms with Crippen molar-refractivity contribution >= 4 is 39.1 Å². The van der Waals surface area contributed by atoms with Gasteiger partial charge in [-0.05, 0) is 40.6 Å². The standard InChI is InChI=1S/C29H22N4O4S/c34-26(22-12-6-10-19-9-4-5-11-21(19)22)30-23(15-18-7-2-1-3-8-18)27(35)31-29-33-32-28(38-29)20-13-14-24-25(16-20)37-17-36-24/h1-14,16,23H,15,17H2,(H,30,34)(H,31,33,35)/t23-/m0/s1. The van der Waals surface area contributed by atoms with Gasteiger partial charge in [-0.15, -0.1) is 10.2 Å².